The average molecular weight is 342 g/mol. The Hall–Kier alpha value is -2.35. The Bertz CT molecular complexity index is 795. The van der Waals surface area contributed by atoms with Gasteiger partial charge in [-0.25, -0.2) is 19.9 Å². The number of nitrogens with zero attached hydrogens (tertiary/aromatic N) is 6. The Kier molecular flexibility index (Phi) is 4.57. The van der Waals surface area contributed by atoms with Crippen LogP contribution in [0.15, 0.2) is 22.4 Å². The first-order valence-corrected chi connectivity index (χ1v) is 8.56. The lowest BCUT2D eigenvalue weighted by Crippen LogP contribution is -2.22. The fraction of sp³-hybridized carbons (Fsp3) is 0.375. The number of carbonyl (C=O) groups excluding carboxylic acids is 1. The highest BCUT2D eigenvalue weighted by Crippen LogP contribution is 2.21. The number of aryl methyl sites for hydroxylation is 4. The number of hydrogen-bond acceptors (Lipinski definition) is 7. The molecule has 1 amide bonds. The van der Waals surface area contributed by atoms with Gasteiger partial charge in [0.1, 0.15) is 0 Å². The normalized spacial score (nSPS) is 14.2. The van der Waals surface area contributed by atoms with Gasteiger partial charge in [-0.15, -0.1) is 0 Å². The van der Waals surface area contributed by atoms with E-state index < -0.39 is 0 Å². The highest BCUT2D eigenvalue weighted by Gasteiger charge is 2.27. The van der Waals surface area contributed by atoms with E-state index in [1.54, 1.807) is 0 Å². The number of anilines is 1. The maximum atomic E-state index is 12.2. The van der Waals surface area contributed by atoms with Gasteiger partial charge in [-0.05, 0) is 39.8 Å². The van der Waals surface area contributed by atoms with Crippen molar-refractivity contribution >= 4 is 29.3 Å². The SMILES string of the molecule is Cc1cc(C)nc(SCC2=NN(c3nc(C)cc(C)n3)C(=O)C2)n1. The summed E-state index contributed by atoms with van der Waals surface area (Å²) < 4.78 is 0. The van der Waals surface area contributed by atoms with Crippen LogP contribution in [0, 0.1) is 27.7 Å². The summed E-state index contributed by atoms with van der Waals surface area (Å²) in [5.74, 6) is 0.785. The van der Waals surface area contributed by atoms with Crippen molar-refractivity contribution in [2.75, 3.05) is 10.8 Å². The molecule has 0 fully saturated rings. The zero-order valence-electron chi connectivity index (χ0n) is 14.1. The lowest BCUT2D eigenvalue weighted by molar-refractivity contribution is -0.117. The van der Waals surface area contributed by atoms with Gasteiger partial charge in [-0.1, -0.05) is 11.8 Å². The Morgan fingerprint density at radius 2 is 1.50 bits per heavy atom. The van der Waals surface area contributed by atoms with E-state index in [1.807, 2.05) is 39.8 Å². The first-order chi connectivity index (χ1) is 11.4. The molecule has 8 heteroatoms. The molecule has 7 nitrogen and oxygen atoms in total. The Morgan fingerprint density at radius 3 is 2.08 bits per heavy atom. The van der Waals surface area contributed by atoms with Gasteiger partial charge >= 0.3 is 0 Å². The highest BCUT2D eigenvalue weighted by molar-refractivity contribution is 7.99. The number of hydrazone groups is 1. The Morgan fingerprint density at radius 1 is 0.958 bits per heavy atom. The number of carbonyl (C=O) groups is 1. The fourth-order valence-electron chi connectivity index (χ4n) is 2.43. The van der Waals surface area contributed by atoms with Crippen LogP contribution in [0.5, 0.6) is 0 Å². The molecule has 0 bridgehead atoms. The van der Waals surface area contributed by atoms with Gasteiger partial charge in [0.2, 0.25) is 0 Å². The second kappa shape index (κ2) is 6.64. The number of hydrogen-bond donors (Lipinski definition) is 0. The summed E-state index contributed by atoms with van der Waals surface area (Å²) >= 11 is 1.48. The Labute approximate surface area is 144 Å². The molecule has 0 unspecified atom stereocenters. The molecular formula is C16H18N6OS. The average Bonchev–Trinajstić information content (AvgIpc) is 2.84. The van der Waals surface area contributed by atoms with Crippen molar-refractivity contribution in [1.29, 1.82) is 0 Å². The fourth-order valence-corrected chi connectivity index (χ4v) is 3.30. The molecule has 2 aromatic rings. The van der Waals surface area contributed by atoms with Gasteiger partial charge < -0.3 is 0 Å². The minimum absolute atomic E-state index is 0.114. The molecule has 2 aromatic heterocycles. The minimum Gasteiger partial charge on any atom is -0.272 e. The van der Waals surface area contributed by atoms with Crippen molar-refractivity contribution < 1.29 is 4.79 Å². The summed E-state index contributed by atoms with van der Waals surface area (Å²) in [6.07, 6.45) is 0.272. The van der Waals surface area contributed by atoms with E-state index >= 15 is 0 Å². The molecule has 0 saturated heterocycles. The van der Waals surface area contributed by atoms with E-state index in [4.69, 9.17) is 0 Å². The van der Waals surface area contributed by atoms with Crippen molar-refractivity contribution in [2.45, 2.75) is 39.3 Å². The standard InChI is InChI=1S/C16H18N6OS/c1-9-5-10(2)18-15(17-9)22-14(23)7-13(21-22)8-24-16-19-11(3)6-12(4)20-16/h5-6H,7-8H2,1-4H3. The number of aromatic nitrogens is 4. The number of amides is 1. The largest absolute Gasteiger partial charge is 0.272 e. The lowest BCUT2D eigenvalue weighted by Gasteiger charge is -2.10. The highest BCUT2D eigenvalue weighted by atomic mass is 32.2. The van der Waals surface area contributed by atoms with E-state index in [1.165, 1.54) is 16.8 Å². The van der Waals surface area contributed by atoms with E-state index in [0.29, 0.717) is 16.9 Å². The molecule has 1 aliphatic rings. The molecule has 124 valence electrons. The topological polar surface area (TPSA) is 84.2 Å². The van der Waals surface area contributed by atoms with Gasteiger partial charge in [-0.2, -0.15) is 10.1 Å². The van der Waals surface area contributed by atoms with Crippen LogP contribution in [0.1, 0.15) is 29.2 Å². The van der Waals surface area contributed by atoms with Crippen LogP contribution in [0.4, 0.5) is 5.95 Å². The summed E-state index contributed by atoms with van der Waals surface area (Å²) in [6.45, 7) is 7.62. The maximum absolute atomic E-state index is 12.2. The first-order valence-electron chi connectivity index (χ1n) is 7.57. The molecule has 0 radical (unpaired) electrons. The van der Waals surface area contributed by atoms with Crippen molar-refractivity contribution in [3.05, 3.63) is 34.9 Å². The molecule has 0 aromatic carbocycles. The predicted molar refractivity (Wildman–Crippen MR) is 93.3 cm³/mol. The van der Waals surface area contributed by atoms with Crippen LogP contribution in [0.3, 0.4) is 0 Å². The minimum atomic E-state index is -0.114. The molecule has 0 aliphatic carbocycles. The molecule has 0 spiro atoms. The number of rotatable bonds is 4. The van der Waals surface area contributed by atoms with Crippen LogP contribution in [-0.2, 0) is 4.79 Å². The second-order valence-corrected chi connectivity index (χ2v) is 6.66. The van der Waals surface area contributed by atoms with Crippen molar-refractivity contribution in [3.63, 3.8) is 0 Å². The molecule has 1 aliphatic heterocycles. The van der Waals surface area contributed by atoms with Crippen LogP contribution in [-0.4, -0.2) is 37.3 Å². The van der Waals surface area contributed by atoms with E-state index in [2.05, 4.69) is 25.0 Å². The lowest BCUT2D eigenvalue weighted by atomic mass is 10.3. The second-order valence-electron chi connectivity index (χ2n) is 5.72. The molecule has 0 N–H and O–H groups in total. The van der Waals surface area contributed by atoms with Crippen LogP contribution >= 0.6 is 11.8 Å². The molecule has 24 heavy (non-hydrogen) atoms. The van der Waals surface area contributed by atoms with E-state index in [9.17, 15) is 4.79 Å². The van der Waals surface area contributed by atoms with Crippen LogP contribution < -0.4 is 5.01 Å². The molecule has 3 heterocycles. The van der Waals surface area contributed by atoms with Gasteiger partial charge in [0.15, 0.2) is 5.16 Å². The molecule has 0 saturated carbocycles. The molecular weight excluding hydrogens is 324 g/mol. The summed E-state index contributed by atoms with van der Waals surface area (Å²) in [4.78, 5) is 29.6. The van der Waals surface area contributed by atoms with Crippen molar-refractivity contribution in [2.24, 2.45) is 5.10 Å². The first kappa shape index (κ1) is 16.5. The third-order valence-corrected chi connectivity index (χ3v) is 4.24. The van der Waals surface area contributed by atoms with E-state index in [0.717, 1.165) is 28.5 Å². The van der Waals surface area contributed by atoms with Crippen LogP contribution in [0.25, 0.3) is 0 Å². The van der Waals surface area contributed by atoms with Gasteiger partial charge in [0, 0.05) is 28.5 Å². The zero-order chi connectivity index (χ0) is 17.3. The van der Waals surface area contributed by atoms with Crippen LogP contribution in [0.2, 0.25) is 0 Å². The summed E-state index contributed by atoms with van der Waals surface area (Å²) in [6, 6.07) is 3.79. The van der Waals surface area contributed by atoms with Gasteiger partial charge in [-0.3, -0.25) is 4.79 Å². The molecule has 0 atom stereocenters. The van der Waals surface area contributed by atoms with Gasteiger partial charge in [0.25, 0.3) is 11.9 Å². The number of thioether (sulfide) groups is 1. The summed E-state index contributed by atoms with van der Waals surface area (Å²) in [5.41, 5.74) is 4.26. The third kappa shape index (κ3) is 3.76. The zero-order valence-corrected chi connectivity index (χ0v) is 14.9. The summed E-state index contributed by atoms with van der Waals surface area (Å²) in [7, 11) is 0. The third-order valence-electron chi connectivity index (χ3n) is 3.32. The quantitative estimate of drug-likeness (QED) is 0.626. The summed E-state index contributed by atoms with van der Waals surface area (Å²) in [5, 5.41) is 6.37. The van der Waals surface area contributed by atoms with Crippen molar-refractivity contribution in [3.8, 4) is 0 Å². The monoisotopic (exact) mass is 342 g/mol. The van der Waals surface area contributed by atoms with E-state index in [-0.39, 0.29) is 12.3 Å². The maximum Gasteiger partial charge on any atom is 0.255 e. The smallest absolute Gasteiger partial charge is 0.255 e. The Balaban J connectivity index is 1.74. The molecule has 3 rings (SSSR count). The van der Waals surface area contributed by atoms with Crippen molar-refractivity contribution in [1.82, 2.24) is 19.9 Å². The van der Waals surface area contributed by atoms with Gasteiger partial charge in [0.05, 0.1) is 12.1 Å². The predicted octanol–water partition coefficient (Wildman–Crippen LogP) is 2.39.